The number of benzene rings is 1. The molecular formula is C11H10ClF3N2O3S. The van der Waals surface area contributed by atoms with Gasteiger partial charge in [0.15, 0.2) is 0 Å². The molecule has 0 radical (unpaired) electrons. The van der Waals surface area contributed by atoms with E-state index in [1.807, 2.05) is 0 Å². The number of carbonyl (C=O) groups is 1. The van der Waals surface area contributed by atoms with Gasteiger partial charge in [0.05, 0.1) is 22.0 Å². The molecule has 21 heavy (non-hydrogen) atoms. The molecule has 1 aliphatic heterocycles. The monoisotopic (exact) mass is 342 g/mol. The minimum absolute atomic E-state index is 0.00193. The van der Waals surface area contributed by atoms with Crippen LogP contribution in [0.4, 0.5) is 13.2 Å². The molecular weight excluding hydrogens is 333 g/mol. The van der Waals surface area contributed by atoms with E-state index in [1.54, 1.807) is 0 Å². The molecule has 0 unspecified atom stereocenters. The van der Waals surface area contributed by atoms with E-state index in [-0.39, 0.29) is 13.1 Å². The number of amides is 1. The smallest absolute Gasteiger partial charge is 0.354 e. The number of alkyl halides is 3. The van der Waals surface area contributed by atoms with Crippen LogP contribution in [0.3, 0.4) is 0 Å². The van der Waals surface area contributed by atoms with Gasteiger partial charge in [-0.1, -0.05) is 11.6 Å². The lowest BCUT2D eigenvalue weighted by molar-refractivity contribution is -0.137. The van der Waals surface area contributed by atoms with E-state index in [1.165, 1.54) is 0 Å². The summed E-state index contributed by atoms with van der Waals surface area (Å²) >= 11 is 5.45. The summed E-state index contributed by atoms with van der Waals surface area (Å²) in [6.07, 6.45) is -4.76. The Hall–Kier alpha value is -1.32. The normalized spacial score (nSPS) is 17.6. The van der Waals surface area contributed by atoms with E-state index < -0.39 is 44.1 Å². The first-order chi connectivity index (χ1) is 9.62. The van der Waals surface area contributed by atoms with Crippen molar-refractivity contribution in [1.82, 2.24) is 9.62 Å². The number of hydrogen-bond donors (Lipinski definition) is 1. The number of sulfonamides is 1. The Balaban J connectivity index is 2.43. The second-order valence-electron chi connectivity index (χ2n) is 4.33. The fourth-order valence-electron chi connectivity index (χ4n) is 1.85. The second-order valence-corrected chi connectivity index (χ2v) is 6.67. The average Bonchev–Trinajstić information content (AvgIpc) is 2.37. The lowest BCUT2D eigenvalue weighted by Crippen LogP contribution is -2.49. The van der Waals surface area contributed by atoms with Crippen molar-refractivity contribution >= 4 is 27.5 Å². The fraction of sp³-hybridized carbons (Fsp3) is 0.364. The molecule has 1 aromatic carbocycles. The summed E-state index contributed by atoms with van der Waals surface area (Å²) in [5, 5.41) is 1.85. The van der Waals surface area contributed by atoms with Crippen molar-refractivity contribution in [2.45, 2.75) is 11.1 Å². The van der Waals surface area contributed by atoms with Gasteiger partial charge in [-0.25, -0.2) is 8.42 Å². The summed E-state index contributed by atoms with van der Waals surface area (Å²) < 4.78 is 63.6. The minimum atomic E-state index is -4.76. The van der Waals surface area contributed by atoms with E-state index in [4.69, 9.17) is 11.6 Å². The van der Waals surface area contributed by atoms with Gasteiger partial charge in [0.2, 0.25) is 15.9 Å². The Morgan fingerprint density at radius 2 is 1.95 bits per heavy atom. The number of piperazine rings is 1. The zero-order valence-electron chi connectivity index (χ0n) is 10.4. The van der Waals surface area contributed by atoms with Gasteiger partial charge >= 0.3 is 6.18 Å². The quantitative estimate of drug-likeness (QED) is 0.885. The maximum atomic E-state index is 12.8. The molecule has 2 rings (SSSR count). The zero-order valence-corrected chi connectivity index (χ0v) is 12.0. The summed E-state index contributed by atoms with van der Waals surface area (Å²) in [4.78, 5) is 10.7. The highest BCUT2D eigenvalue weighted by atomic mass is 35.5. The number of rotatable bonds is 2. The highest BCUT2D eigenvalue weighted by Gasteiger charge is 2.36. The first-order valence-corrected chi connectivity index (χ1v) is 7.58. The molecule has 0 aromatic heterocycles. The molecule has 0 atom stereocenters. The highest BCUT2D eigenvalue weighted by Crippen LogP contribution is 2.36. The van der Waals surface area contributed by atoms with Gasteiger partial charge in [-0.15, -0.1) is 0 Å². The number of carbonyl (C=O) groups excluding carboxylic acids is 1. The largest absolute Gasteiger partial charge is 0.417 e. The Labute approximate surface area is 123 Å². The molecule has 1 aromatic rings. The van der Waals surface area contributed by atoms with Crippen LogP contribution in [0.15, 0.2) is 23.1 Å². The third kappa shape index (κ3) is 3.30. The van der Waals surface area contributed by atoms with Crippen LogP contribution < -0.4 is 5.32 Å². The van der Waals surface area contributed by atoms with Gasteiger partial charge in [-0.05, 0) is 18.2 Å². The molecule has 10 heteroatoms. The molecule has 5 nitrogen and oxygen atoms in total. The summed E-state index contributed by atoms with van der Waals surface area (Å²) in [5.41, 5.74) is -1.23. The van der Waals surface area contributed by atoms with Crippen LogP contribution in [0.25, 0.3) is 0 Å². The van der Waals surface area contributed by atoms with Crippen LogP contribution in [0.2, 0.25) is 5.02 Å². The molecule has 1 aliphatic rings. The molecule has 0 aliphatic carbocycles. The van der Waals surface area contributed by atoms with Crippen molar-refractivity contribution in [2.75, 3.05) is 19.6 Å². The predicted molar refractivity (Wildman–Crippen MR) is 68.2 cm³/mol. The highest BCUT2D eigenvalue weighted by molar-refractivity contribution is 7.89. The molecule has 1 amide bonds. The predicted octanol–water partition coefficient (Wildman–Crippen LogP) is 1.48. The van der Waals surface area contributed by atoms with E-state index in [2.05, 4.69) is 5.32 Å². The first-order valence-electron chi connectivity index (χ1n) is 5.76. The molecule has 1 heterocycles. The van der Waals surface area contributed by atoms with Crippen molar-refractivity contribution in [3.63, 3.8) is 0 Å². The molecule has 0 spiro atoms. The van der Waals surface area contributed by atoms with Gasteiger partial charge in [0.1, 0.15) is 0 Å². The Kier molecular flexibility index (Phi) is 4.18. The maximum Gasteiger partial charge on any atom is 0.417 e. The van der Waals surface area contributed by atoms with Crippen molar-refractivity contribution in [2.24, 2.45) is 0 Å². The summed E-state index contributed by atoms with van der Waals surface area (Å²) in [7, 11) is -4.18. The van der Waals surface area contributed by atoms with Gasteiger partial charge < -0.3 is 5.32 Å². The third-order valence-corrected chi connectivity index (χ3v) is 5.06. The maximum absolute atomic E-state index is 12.8. The number of hydrogen-bond acceptors (Lipinski definition) is 3. The van der Waals surface area contributed by atoms with Crippen molar-refractivity contribution in [1.29, 1.82) is 0 Å². The Bertz CT molecular complexity index is 676. The number of nitrogens with zero attached hydrogens (tertiary/aromatic N) is 1. The summed E-state index contributed by atoms with van der Waals surface area (Å²) in [6, 6.07) is 2.34. The molecule has 1 N–H and O–H groups in total. The van der Waals surface area contributed by atoms with Gasteiger partial charge in [-0.3, -0.25) is 4.79 Å². The van der Waals surface area contributed by atoms with Gasteiger partial charge in [0.25, 0.3) is 0 Å². The van der Waals surface area contributed by atoms with Crippen LogP contribution in [-0.2, 0) is 21.0 Å². The molecule has 1 fully saturated rings. The SMILES string of the molecule is O=C1CN(S(=O)(=O)c2ccc(Cl)c(C(F)(F)F)c2)CCN1. The van der Waals surface area contributed by atoms with Crippen LogP contribution in [0.1, 0.15) is 5.56 Å². The third-order valence-electron chi connectivity index (χ3n) is 2.88. The standard InChI is InChI=1S/C11H10ClF3N2O3S/c12-9-2-1-7(5-8(9)11(13,14)15)21(19,20)17-4-3-16-10(18)6-17/h1-2,5H,3-4,6H2,(H,16,18). The second kappa shape index (κ2) is 5.47. The first kappa shape index (κ1) is 16.1. The Morgan fingerprint density at radius 1 is 1.29 bits per heavy atom. The minimum Gasteiger partial charge on any atom is -0.354 e. The van der Waals surface area contributed by atoms with Crippen molar-refractivity contribution < 1.29 is 26.4 Å². The van der Waals surface area contributed by atoms with Gasteiger partial charge in [-0.2, -0.15) is 17.5 Å². The lowest BCUT2D eigenvalue weighted by Gasteiger charge is -2.26. The summed E-state index contributed by atoms with van der Waals surface area (Å²) in [6.45, 7) is -0.317. The van der Waals surface area contributed by atoms with E-state index in [0.717, 1.165) is 16.4 Å². The zero-order chi connectivity index (χ0) is 15.8. The van der Waals surface area contributed by atoms with E-state index in [9.17, 15) is 26.4 Å². The molecule has 0 bridgehead atoms. The van der Waals surface area contributed by atoms with Crippen LogP contribution >= 0.6 is 11.6 Å². The van der Waals surface area contributed by atoms with E-state index in [0.29, 0.717) is 6.07 Å². The van der Waals surface area contributed by atoms with Crippen molar-refractivity contribution in [3.05, 3.63) is 28.8 Å². The molecule has 1 saturated heterocycles. The fourth-order valence-corrected chi connectivity index (χ4v) is 3.50. The van der Waals surface area contributed by atoms with Crippen molar-refractivity contribution in [3.8, 4) is 0 Å². The topological polar surface area (TPSA) is 66.5 Å². The number of halogens is 4. The Morgan fingerprint density at radius 3 is 2.52 bits per heavy atom. The number of nitrogens with one attached hydrogen (secondary N) is 1. The molecule has 116 valence electrons. The molecule has 0 saturated carbocycles. The van der Waals surface area contributed by atoms with Crippen LogP contribution in [0, 0.1) is 0 Å². The lowest BCUT2D eigenvalue weighted by atomic mass is 10.2. The average molecular weight is 343 g/mol. The van der Waals surface area contributed by atoms with Gasteiger partial charge in [0, 0.05) is 13.1 Å². The van der Waals surface area contributed by atoms with Crippen LogP contribution in [0.5, 0.6) is 0 Å². The summed E-state index contributed by atoms with van der Waals surface area (Å²) in [5.74, 6) is -0.505. The van der Waals surface area contributed by atoms with Crippen LogP contribution in [-0.4, -0.2) is 38.3 Å². The van der Waals surface area contributed by atoms with E-state index >= 15 is 0 Å².